The van der Waals surface area contributed by atoms with Gasteiger partial charge in [0, 0.05) is 19.0 Å². The number of amides is 1. The van der Waals surface area contributed by atoms with Crippen LogP contribution in [0.5, 0.6) is 0 Å². The summed E-state index contributed by atoms with van der Waals surface area (Å²) in [5.74, 6) is 0.898. The summed E-state index contributed by atoms with van der Waals surface area (Å²) in [4.78, 5) is 28.5. The Labute approximate surface area is 130 Å². The first kappa shape index (κ1) is 16.6. The van der Waals surface area contributed by atoms with E-state index in [4.69, 9.17) is 4.74 Å². The van der Waals surface area contributed by atoms with E-state index in [1.807, 2.05) is 34.6 Å². The van der Waals surface area contributed by atoms with Crippen LogP contribution in [0.15, 0.2) is 4.79 Å². The van der Waals surface area contributed by atoms with Crippen molar-refractivity contribution in [1.82, 2.24) is 19.7 Å². The quantitative estimate of drug-likeness (QED) is 0.908. The molecule has 0 spiro atoms. The van der Waals surface area contributed by atoms with Crippen molar-refractivity contribution < 1.29 is 9.53 Å². The lowest BCUT2D eigenvalue weighted by Gasteiger charge is -2.33. The van der Waals surface area contributed by atoms with E-state index in [2.05, 4.69) is 10.1 Å². The van der Waals surface area contributed by atoms with Gasteiger partial charge in [0.15, 0.2) is 0 Å². The largest absolute Gasteiger partial charge is 0.444 e. The number of hydrogen-bond donors (Lipinski definition) is 1. The fourth-order valence-corrected chi connectivity index (χ4v) is 2.48. The molecule has 0 radical (unpaired) electrons. The maximum atomic E-state index is 12.0. The van der Waals surface area contributed by atoms with Crippen molar-refractivity contribution in [3.8, 4) is 0 Å². The van der Waals surface area contributed by atoms with E-state index in [1.165, 1.54) is 4.68 Å². The third-order valence-corrected chi connectivity index (χ3v) is 3.67. The lowest BCUT2D eigenvalue weighted by atomic mass is 10.1. The number of carbonyl (C=O) groups is 1. The molecule has 0 atom stereocenters. The van der Waals surface area contributed by atoms with Gasteiger partial charge in [-0.1, -0.05) is 13.8 Å². The minimum atomic E-state index is -0.487. The molecule has 124 valence electrons. The van der Waals surface area contributed by atoms with Crippen molar-refractivity contribution in [3.63, 3.8) is 0 Å². The number of rotatable bonds is 2. The van der Waals surface area contributed by atoms with Crippen molar-refractivity contribution in [2.75, 3.05) is 13.1 Å². The Morgan fingerprint density at radius 1 is 1.32 bits per heavy atom. The van der Waals surface area contributed by atoms with E-state index in [0.717, 1.165) is 0 Å². The molecule has 1 fully saturated rings. The van der Waals surface area contributed by atoms with Crippen LogP contribution in [0.25, 0.3) is 0 Å². The van der Waals surface area contributed by atoms with Gasteiger partial charge in [-0.05, 0) is 33.6 Å². The second-order valence-corrected chi connectivity index (χ2v) is 7.11. The molecular formula is C15H26N4O3. The van der Waals surface area contributed by atoms with Gasteiger partial charge in [0.1, 0.15) is 11.4 Å². The normalized spacial score (nSPS) is 17.1. The highest BCUT2D eigenvalue weighted by molar-refractivity contribution is 5.68. The number of aromatic amines is 1. The van der Waals surface area contributed by atoms with Gasteiger partial charge >= 0.3 is 11.8 Å². The third kappa shape index (κ3) is 3.90. The Kier molecular flexibility index (Phi) is 4.63. The first-order valence-electron chi connectivity index (χ1n) is 7.84. The number of hydrogen-bond acceptors (Lipinski definition) is 4. The predicted molar refractivity (Wildman–Crippen MR) is 83.0 cm³/mol. The third-order valence-electron chi connectivity index (χ3n) is 3.67. The second kappa shape index (κ2) is 6.14. The molecule has 1 aliphatic heterocycles. The van der Waals surface area contributed by atoms with Gasteiger partial charge in [-0.2, -0.15) is 5.10 Å². The Morgan fingerprint density at radius 3 is 2.36 bits per heavy atom. The molecule has 0 aromatic carbocycles. The van der Waals surface area contributed by atoms with Crippen molar-refractivity contribution in [2.45, 2.75) is 65.0 Å². The first-order chi connectivity index (χ1) is 10.2. The molecule has 7 heteroatoms. The molecule has 1 aliphatic rings. The zero-order valence-corrected chi connectivity index (χ0v) is 14.0. The van der Waals surface area contributed by atoms with Crippen molar-refractivity contribution >= 4 is 6.09 Å². The molecule has 7 nitrogen and oxygen atoms in total. The van der Waals surface area contributed by atoms with Crippen LogP contribution in [0.1, 0.15) is 65.2 Å². The van der Waals surface area contributed by atoms with E-state index in [-0.39, 0.29) is 23.7 Å². The lowest BCUT2D eigenvalue weighted by molar-refractivity contribution is 0.0183. The zero-order chi connectivity index (χ0) is 16.5. The van der Waals surface area contributed by atoms with Crippen molar-refractivity contribution in [3.05, 3.63) is 16.3 Å². The van der Waals surface area contributed by atoms with E-state index in [1.54, 1.807) is 4.90 Å². The van der Waals surface area contributed by atoms with E-state index < -0.39 is 5.60 Å². The van der Waals surface area contributed by atoms with Crippen LogP contribution in [0.4, 0.5) is 4.79 Å². The minimum absolute atomic E-state index is 0.0370. The molecule has 0 unspecified atom stereocenters. The molecule has 0 bridgehead atoms. The molecule has 1 aromatic heterocycles. The fourth-order valence-electron chi connectivity index (χ4n) is 2.48. The summed E-state index contributed by atoms with van der Waals surface area (Å²) < 4.78 is 6.90. The molecule has 0 aliphatic carbocycles. The number of likely N-dealkylation sites (tertiary alicyclic amines) is 1. The van der Waals surface area contributed by atoms with E-state index in [9.17, 15) is 9.59 Å². The smallest absolute Gasteiger partial charge is 0.410 e. The molecule has 1 aromatic rings. The van der Waals surface area contributed by atoms with Gasteiger partial charge in [0.05, 0.1) is 6.04 Å². The number of carbonyl (C=O) groups excluding carboxylic acids is 1. The number of aromatic nitrogens is 3. The predicted octanol–water partition coefficient (Wildman–Crippen LogP) is 2.27. The molecule has 1 saturated heterocycles. The summed E-state index contributed by atoms with van der Waals surface area (Å²) in [6.07, 6.45) is 1.13. The molecule has 2 rings (SSSR count). The van der Waals surface area contributed by atoms with Crippen LogP contribution in [0.2, 0.25) is 0 Å². The van der Waals surface area contributed by atoms with Gasteiger partial charge in [0.2, 0.25) is 0 Å². The second-order valence-electron chi connectivity index (χ2n) is 7.11. The molecule has 1 N–H and O–H groups in total. The molecule has 22 heavy (non-hydrogen) atoms. The zero-order valence-electron chi connectivity index (χ0n) is 14.0. The standard InChI is InChI=1S/C15H26N4O3/c1-10(2)12-16-13(20)19(17-12)11-6-8-18(9-7-11)14(21)22-15(3,4)5/h10-11H,6-9H2,1-5H3,(H,16,17,20). The number of nitrogens with zero attached hydrogens (tertiary/aromatic N) is 3. The van der Waals surface area contributed by atoms with Gasteiger partial charge < -0.3 is 9.64 Å². The maximum absolute atomic E-state index is 12.0. The van der Waals surface area contributed by atoms with Crippen LogP contribution in [0.3, 0.4) is 0 Å². The lowest BCUT2D eigenvalue weighted by Crippen LogP contribution is -2.43. The Hall–Kier alpha value is -1.79. The highest BCUT2D eigenvalue weighted by Gasteiger charge is 2.29. The number of ether oxygens (including phenoxy) is 1. The molecule has 1 amide bonds. The highest BCUT2D eigenvalue weighted by atomic mass is 16.6. The number of nitrogens with one attached hydrogen (secondary N) is 1. The van der Waals surface area contributed by atoms with Crippen LogP contribution in [0, 0.1) is 0 Å². The van der Waals surface area contributed by atoms with E-state index >= 15 is 0 Å². The average molecular weight is 310 g/mol. The van der Waals surface area contributed by atoms with E-state index in [0.29, 0.717) is 31.8 Å². The minimum Gasteiger partial charge on any atom is -0.444 e. The molecule has 0 saturated carbocycles. The van der Waals surface area contributed by atoms with Crippen molar-refractivity contribution in [1.29, 1.82) is 0 Å². The number of piperidine rings is 1. The van der Waals surface area contributed by atoms with Crippen molar-refractivity contribution in [2.24, 2.45) is 0 Å². The highest BCUT2D eigenvalue weighted by Crippen LogP contribution is 2.22. The van der Waals surface area contributed by atoms with Crippen LogP contribution in [-0.2, 0) is 4.74 Å². The SMILES string of the molecule is CC(C)c1nn(C2CCN(C(=O)OC(C)(C)C)CC2)c(=O)[nH]1. The average Bonchev–Trinajstić information content (AvgIpc) is 2.79. The Balaban J connectivity index is 1.98. The van der Waals surface area contributed by atoms with Gasteiger partial charge in [-0.3, -0.25) is 4.98 Å². The Bertz CT molecular complexity index is 574. The van der Waals surface area contributed by atoms with Gasteiger partial charge in [0.25, 0.3) is 0 Å². The summed E-state index contributed by atoms with van der Waals surface area (Å²) >= 11 is 0. The van der Waals surface area contributed by atoms with Crippen LogP contribution in [-0.4, -0.2) is 44.4 Å². The topological polar surface area (TPSA) is 80.2 Å². The summed E-state index contributed by atoms with van der Waals surface area (Å²) in [7, 11) is 0. The monoisotopic (exact) mass is 310 g/mol. The van der Waals surface area contributed by atoms with Crippen LogP contribution < -0.4 is 5.69 Å². The molecule has 2 heterocycles. The maximum Gasteiger partial charge on any atom is 0.410 e. The first-order valence-corrected chi connectivity index (χ1v) is 7.84. The van der Waals surface area contributed by atoms with Gasteiger partial charge in [-0.25, -0.2) is 14.3 Å². The fraction of sp³-hybridized carbons (Fsp3) is 0.800. The van der Waals surface area contributed by atoms with Crippen LogP contribution >= 0.6 is 0 Å². The number of H-pyrrole nitrogens is 1. The Morgan fingerprint density at radius 2 is 1.91 bits per heavy atom. The summed E-state index contributed by atoms with van der Waals surface area (Å²) in [5.41, 5.74) is -0.654. The van der Waals surface area contributed by atoms with Gasteiger partial charge in [-0.15, -0.1) is 0 Å². The summed E-state index contributed by atoms with van der Waals surface area (Å²) in [6, 6.07) is 0.0370. The molecular weight excluding hydrogens is 284 g/mol. The summed E-state index contributed by atoms with van der Waals surface area (Å²) in [6.45, 7) is 10.7. The summed E-state index contributed by atoms with van der Waals surface area (Å²) in [5, 5.41) is 4.38.